The van der Waals surface area contributed by atoms with Crippen molar-refractivity contribution in [3.05, 3.63) is 18.6 Å². The monoisotopic (exact) mass is 169 g/mol. The molecule has 0 aromatic carbocycles. The van der Waals surface area contributed by atoms with Crippen LogP contribution in [0.25, 0.3) is 0 Å². The second-order valence-corrected chi connectivity index (χ2v) is 3.95. The van der Waals surface area contributed by atoms with Gasteiger partial charge in [0.25, 0.3) is 0 Å². The number of hydrogen-bond acceptors (Lipinski definition) is 1. The van der Waals surface area contributed by atoms with Crippen LogP contribution in [0.15, 0.2) is 12.2 Å². The van der Waals surface area contributed by atoms with Crippen molar-refractivity contribution in [3.63, 3.8) is 0 Å². The quantitative estimate of drug-likeness (QED) is 0.437. The molecule has 0 unspecified atom stereocenters. The molecule has 0 atom stereocenters. The van der Waals surface area contributed by atoms with Gasteiger partial charge in [-0.2, -0.15) is 0 Å². The summed E-state index contributed by atoms with van der Waals surface area (Å²) in [5.41, 5.74) is 1.25. The molecule has 1 heteroatoms. The Kier molecular flexibility index (Phi) is 5.23. The first-order valence-electron chi connectivity index (χ1n) is 4.49. The van der Waals surface area contributed by atoms with E-state index >= 15 is 0 Å². The van der Waals surface area contributed by atoms with E-state index < -0.39 is 0 Å². The summed E-state index contributed by atoms with van der Waals surface area (Å²) in [6.45, 7) is 10.1. The molecule has 0 aromatic rings. The molecule has 0 heterocycles. The van der Waals surface area contributed by atoms with Gasteiger partial charge in [0.15, 0.2) is 0 Å². The molecule has 1 radical (unpaired) electrons. The maximum Gasteiger partial charge on any atom is 0.0625 e. The van der Waals surface area contributed by atoms with E-state index in [2.05, 4.69) is 33.8 Å². The highest BCUT2D eigenvalue weighted by Gasteiger charge is 2.14. The number of rotatable bonds is 6. The highest BCUT2D eigenvalue weighted by Crippen LogP contribution is 2.17. The smallest absolute Gasteiger partial charge is 0.0625 e. The van der Waals surface area contributed by atoms with E-state index in [9.17, 15) is 0 Å². The maximum absolute atomic E-state index is 5.29. The van der Waals surface area contributed by atoms with Gasteiger partial charge in [-0.05, 0) is 46.5 Å². The van der Waals surface area contributed by atoms with Crippen LogP contribution in [-0.4, -0.2) is 12.7 Å². The Morgan fingerprint density at radius 3 is 2.50 bits per heavy atom. The lowest BCUT2D eigenvalue weighted by atomic mass is 9.99. The van der Waals surface area contributed by atoms with Crippen molar-refractivity contribution in [1.29, 1.82) is 0 Å². The number of allylic oxidation sites excluding steroid dienone is 1. The van der Waals surface area contributed by atoms with Crippen molar-refractivity contribution in [2.24, 2.45) is 0 Å². The van der Waals surface area contributed by atoms with Crippen LogP contribution >= 0.6 is 0 Å². The molecule has 0 bridgehead atoms. The highest BCUT2D eigenvalue weighted by molar-refractivity contribution is 4.90. The lowest BCUT2D eigenvalue weighted by Crippen LogP contribution is -2.22. The van der Waals surface area contributed by atoms with Crippen LogP contribution in [0.4, 0.5) is 0 Å². The molecule has 71 valence electrons. The van der Waals surface area contributed by atoms with E-state index in [4.69, 9.17) is 4.74 Å². The Hall–Kier alpha value is -0.300. The van der Waals surface area contributed by atoms with E-state index in [1.165, 1.54) is 5.57 Å². The normalized spacial score (nSPS) is 11.7. The summed E-state index contributed by atoms with van der Waals surface area (Å²) in [4.78, 5) is 0. The van der Waals surface area contributed by atoms with Gasteiger partial charge in [0.05, 0.1) is 5.60 Å². The molecule has 0 aliphatic rings. The van der Waals surface area contributed by atoms with Gasteiger partial charge >= 0.3 is 0 Å². The van der Waals surface area contributed by atoms with Crippen LogP contribution in [0.5, 0.6) is 0 Å². The molecule has 0 saturated heterocycles. The average Bonchev–Trinajstić information content (AvgIpc) is 1.98. The van der Waals surface area contributed by atoms with Crippen molar-refractivity contribution >= 4 is 0 Å². The van der Waals surface area contributed by atoms with Crippen molar-refractivity contribution in [1.82, 2.24) is 0 Å². The van der Waals surface area contributed by atoms with E-state index in [0.717, 1.165) is 19.3 Å². The third-order valence-electron chi connectivity index (χ3n) is 1.96. The lowest BCUT2D eigenvalue weighted by molar-refractivity contribution is 0.0218. The van der Waals surface area contributed by atoms with Crippen molar-refractivity contribution < 1.29 is 4.74 Å². The summed E-state index contributed by atoms with van der Waals surface area (Å²) in [5.74, 6) is 0. The molecule has 0 aliphatic carbocycles. The van der Waals surface area contributed by atoms with Gasteiger partial charge in [-0.1, -0.05) is 5.57 Å². The number of ether oxygens (including phenoxy) is 1. The van der Waals surface area contributed by atoms with Crippen molar-refractivity contribution in [3.8, 4) is 0 Å². The molecule has 0 aliphatic heterocycles. The average molecular weight is 169 g/mol. The third-order valence-corrected chi connectivity index (χ3v) is 1.96. The van der Waals surface area contributed by atoms with Gasteiger partial charge in [-0.15, -0.1) is 6.58 Å². The molecular weight excluding hydrogens is 148 g/mol. The van der Waals surface area contributed by atoms with Crippen LogP contribution in [0.3, 0.4) is 0 Å². The third kappa shape index (κ3) is 6.41. The minimum atomic E-state index is -0.00489. The van der Waals surface area contributed by atoms with E-state index in [-0.39, 0.29) is 5.60 Å². The second-order valence-electron chi connectivity index (χ2n) is 3.95. The summed E-state index contributed by atoms with van der Waals surface area (Å²) in [6.07, 6.45) is 5.50. The first kappa shape index (κ1) is 11.7. The Bertz CT molecular complexity index is 136. The van der Waals surface area contributed by atoms with Gasteiger partial charge in [-0.25, -0.2) is 0 Å². The summed E-state index contributed by atoms with van der Waals surface area (Å²) in [6, 6.07) is 0. The molecule has 0 spiro atoms. The SMILES string of the molecule is C=C(C)CC[CH]CC(C)(C)OC. The second kappa shape index (κ2) is 5.36. The Labute approximate surface area is 76.8 Å². The minimum Gasteiger partial charge on any atom is -0.379 e. The molecule has 0 aromatic heterocycles. The molecule has 0 fully saturated rings. The lowest BCUT2D eigenvalue weighted by Gasteiger charge is -2.22. The fourth-order valence-electron chi connectivity index (χ4n) is 0.881. The van der Waals surface area contributed by atoms with Crippen molar-refractivity contribution in [2.75, 3.05) is 7.11 Å². The first-order chi connectivity index (χ1) is 5.48. The standard InChI is InChI=1S/C11H21O/c1-10(2)8-6-7-9-11(3,4)12-5/h7H,1,6,8-9H2,2-5H3. The van der Waals surface area contributed by atoms with Gasteiger partial charge in [-0.3, -0.25) is 0 Å². The van der Waals surface area contributed by atoms with Gasteiger partial charge < -0.3 is 4.74 Å². The molecule has 0 rings (SSSR count). The summed E-state index contributed by atoms with van der Waals surface area (Å²) in [7, 11) is 1.76. The van der Waals surface area contributed by atoms with Crippen LogP contribution in [0.2, 0.25) is 0 Å². The molecule has 1 nitrogen and oxygen atoms in total. The molecule has 0 saturated carbocycles. The number of methoxy groups -OCH3 is 1. The largest absolute Gasteiger partial charge is 0.379 e. The first-order valence-corrected chi connectivity index (χ1v) is 4.49. The van der Waals surface area contributed by atoms with Crippen LogP contribution in [0.1, 0.15) is 40.0 Å². The summed E-state index contributed by atoms with van der Waals surface area (Å²) >= 11 is 0. The van der Waals surface area contributed by atoms with E-state index in [0.29, 0.717) is 0 Å². The Morgan fingerprint density at radius 2 is 2.08 bits per heavy atom. The van der Waals surface area contributed by atoms with E-state index in [1.807, 2.05) is 0 Å². The molecule has 0 N–H and O–H groups in total. The van der Waals surface area contributed by atoms with Gasteiger partial charge in [0.2, 0.25) is 0 Å². The molecular formula is C11H21O. The summed E-state index contributed by atoms with van der Waals surface area (Å²) < 4.78 is 5.29. The van der Waals surface area contributed by atoms with E-state index in [1.54, 1.807) is 7.11 Å². The van der Waals surface area contributed by atoms with Crippen LogP contribution < -0.4 is 0 Å². The molecule has 0 amide bonds. The van der Waals surface area contributed by atoms with Gasteiger partial charge in [0, 0.05) is 7.11 Å². The predicted molar refractivity (Wildman–Crippen MR) is 54.1 cm³/mol. The topological polar surface area (TPSA) is 9.23 Å². The zero-order valence-electron chi connectivity index (χ0n) is 8.81. The fourth-order valence-corrected chi connectivity index (χ4v) is 0.881. The maximum atomic E-state index is 5.29. The zero-order valence-corrected chi connectivity index (χ0v) is 8.81. The van der Waals surface area contributed by atoms with Crippen molar-refractivity contribution in [2.45, 2.75) is 45.6 Å². The minimum absolute atomic E-state index is 0.00489. The van der Waals surface area contributed by atoms with Gasteiger partial charge in [0.1, 0.15) is 0 Å². The Balaban J connectivity index is 3.37. The van der Waals surface area contributed by atoms with Crippen LogP contribution in [-0.2, 0) is 4.74 Å². The molecule has 12 heavy (non-hydrogen) atoms. The fraction of sp³-hybridized carbons (Fsp3) is 0.727. The zero-order chi connectivity index (χ0) is 9.61. The van der Waals surface area contributed by atoms with Crippen LogP contribution in [0, 0.1) is 6.42 Å². The number of hydrogen-bond donors (Lipinski definition) is 0. The Morgan fingerprint density at radius 1 is 1.50 bits per heavy atom. The number of unbranched alkanes of at least 4 members (excludes halogenated alkanes) is 1. The highest BCUT2D eigenvalue weighted by atomic mass is 16.5. The predicted octanol–water partition coefficient (Wildman–Crippen LogP) is 3.36. The summed E-state index contributed by atoms with van der Waals surface area (Å²) in [5, 5.41) is 0.